The van der Waals surface area contributed by atoms with Crippen LogP contribution in [0.15, 0.2) is 42.5 Å². The SMILES string of the molecule is CCOc1cc(C(=O)NC(C)(C)c2cccc(F)c2)ccc1OCC(=O)O. The van der Waals surface area contributed by atoms with Crippen LogP contribution in [0.2, 0.25) is 0 Å². The van der Waals surface area contributed by atoms with Crippen molar-refractivity contribution < 1.29 is 28.6 Å². The minimum atomic E-state index is -1.11. The predicted molar refractivity (Wildman–Crippen MR) is 97.6 cm³/mol. The molecular weight excluding hydrogens is 353 g/mol. The fourth-order valence-corrected chi connectivity index (χ4v) is 2.48. The number of amides is 1. The average Bonchev–Trinajstić information content (AvgIpc) is 2.60. The van der Waals surface area contributed by atoms with Gasteiger partial charge >= 0.3 is 5.97 Å². The number of benzene rings is 2. The monoisotopic (exact) mass is 375 g/mol. The number of hydrogen-bond donors (Lipinski definition) is 2. The zero-order valence-electron chi connectivity index (χ0n) is 15.4. The highest BCUT2D eigenvalue weighted by Gasteiger charge is 2.24. The molecule has 27 heavy (non-hydrogen) atoms. The minimum Gasteiger partial charge on any atom is -0.490 e. The van der Waals surface area contributed by atoms with Gasteiger partial charge < -0.3 is 19.9 Å². The van der Waals surface area contributed by atoms with Crippen LogP contribution in [-0.4, -0.2) is 30.2 Å². The Bertz CT molecular complexity index is 835. The van der Waals surface area contributed by atoms with E-state index in [2.05, 4.69) is 5.32 Å². The van der Waals surface area contributed by atoms with Crippen molar-refractivity contribution in [1.82, 2.24) is 5.32 Å². The maximum Gasteiger partial charge on any atom is 0.341 e. The molecule has 0 radical (unpaired) electrons. The lowest BCUT2D eigenvalue weighted by atomic mass is 9.93. The molecule has 0 aromatic heterocycles. The maximum atomic E-state index is 13.5. The molecule has 0 aliphatic carbocycles. The van der Waals surface area contributed by atoms with Gasteiger partial charge in [0.15, 0.2) is 18.1 Å². The van der Waals surface area contributed by atoms with Gasteiger partial charge in [-0.3, -0.25) is 4.79 Å². The van der Waals surface area contributed by atoms with E-state index < -0.39 is 18.1 Å². The molecule has 144 valence electrons. The molecule has 2 aromatic rings. The van der Waals surface area contributed by atoms with Crippen LogP contribution in [0.4, 0.5) is 4.39 Å². The Morgan fingerprint density at radius 1 is 1.11 bits per heavy atom. The summed E-state index contributed by atoms with van der Waals surface area (Å²) in [4.78, 5) is 23.3. The van der Waals surface area contributed by atoms with Crippen molar-refractivity contribution in [3.05, 3.63) is 59.4 Å². The molecule has 2 rings (SSSR count). The number of carboxylic acid groups (broad SMARTS) is 1. The number of carbonyl (C=O) groups excluding carboxylic acids is 1. The van der Waals surface area contributed by atoms with E-state index in [4.69, 9.17) is 14.6 Å². The fourth-order valence-electron chi connectivity index (χ4n) is 2.48. The lowest BCUT2D eigenvalue weighted by molar-refractivity contribution is -0.139. The summed E-state index contributed by atoms with van der Waals surface area (Å²) in [6.07, 6.45) is 0. The van der Waals surface area contributed by atoms with Crippen molar-refractivity contribution in [1.29, 1.82) is 0 Å². The highest BCUT2D eigenvalue weighted by molar-refractivity contribution is 5.95. The van der Waals surface area contributed by atoms with Crippen molar-refractivity contribution in [2.75, 3.05) is 13.2 Å². The Kier molecular flexibility index (Phi) is 6.39. The van der Waals surface area contributed by atoms with Gasteiger partial charge in [0.05, 0.1) is 12.1 Å². The van der Waals surface area contributed by atoms with E-state index in [1.807, 2.05) is 0 Å². The minimum absolute atomic E-state index is 0.236. The van der Waals surface area contributed by atoms with E-state index >= 15 is 0 Å². The summed E-state index contributed by atoms with van der Waals surface area (Å²) in [5.74, 6) is -1.37. The van der Waals surface area contributed by atoms with E-state index in [0.717, 1.165) is 0 Å². The lowest BCUT2D eigenvalue weighted by Gasteiger charge is -2.27. The number of halogens is 1. The Hall–Kier alpha value is -3.09. The number of ether oxygens (including phenoxy) is 2. The third-order valence-corrected chi connectivity index (χ3v) is 3.83. The second-order valence-corrected chi connectivity index (χ2v) is 6.37. The fraction of sp³-hybridized carbons (Fsp3) is 0.300. The number of carbonyl (C=O) groups is 2. The first-order valence-corrected chi connectivity index (χ1v) is 8.43. The average molecular weight is 375 g/mol. The van der Waals surface area contributed by atoms with Crippen LogP contribution in [0.25, 0.3) is 0 Å². The predicted octanol–water partition coefficient (Wildman–Crippen LogP) is 3.35. The Morgan fingerprint density at radius 3 is 2.48 bits per heavy atom. The van der Waals surface area contributed by atoms with Crippen LogP contribution < -0.4 is 14.8 Å². The Balaban J connectivity index is 2.22. The summed E-state index contributed by atoms with van der Waals surface area (Å²) in [5.41, 5.74) is 0.136. The highest BCUT2D eigenvalue weighted by Crippen LogP contribution is 2.29. The van der Waals surface area contributed by atoms with Gasteiger partial charge in [-0.15, -0.1) is 0 Å². The highest BCUT2D eigenvalue weighted by atomic mass is 19.1. The molecule has 0 saturated carbocycles. The van der Waals surface area contributed by atoms with Gasteiger partial charge in [-0.2, -0.15) is 0 Å². The Morgan fingerprint density at radius 2 is 1.85 bits per heavy atom. The molecule has 0 unspecified atom stereocenters. The topological polar surface area (TPSA) is 84.9 Å². The molecule has 0 fully saturated rings. The molecule has 0 aliphatic rings. The first-order valence-electron chi connectivity index (χ1n) is 8.43. The summed E-state index contributed by atoms with van der Waals surface area (Å²) >= 11 is 0. The molecule has 2 N–H and O–H groups in total. The second kappa shape index (κ2) is 8.53. The van der Waals surface area contributed by atoms with Crippen LogP contribution in [-0.2, 0) is 10.3 Å². The molecule has 0 heterocycles. The lowest BCUT2D eigenvalue weighted by Crippen LogP contribution is -2.41. The molecule has 7 heteroatoms. The van der Waals surface area contributed by atoms with Crippen LogP contribution in [0.1, 0.15) is 36.7 Å². The third-order valence-electron chi connectivity index (χ3n) is 3.83. The molecule has 0 aliphatic heterocycles. The van der Waals surface area contributed by atoms with Crippen molar-refractivity contribution >= 4 is 11.9 Å². The van der Waals surface area contributed by atoms with Gasteiger partial charge in [0.1, 0.15) is 5.82 Å². The zero-order valence-corrected chi connectivity index (χ0v) is 15.4. The number of hydrogen-bond acceptors (Lipinski definition) is 4. The summed E-state index contributed by atoms with van der Waals surface area (Å²) < 4.78 is 24.1. The van der Waals surface area contributed by atoms with Crippen LogP contribution in [0.5, 0.6) is 11.5 Å². The number of aliphatic carboxylic acids is 1. The number of rotatable bonds is 8. The van der Waals surface area contributed by atoms with Crippen molar-refractivity contribution in [2.24, 2.45) is 0 Å². The second-order valence-electron chi connectivity index (χ2n) is 6.37. The molecule has 0 bridgehead atoms. The zero-order chi connectivity index (χ0) is 20.0. The van der Waals surface area contributed by atoms with E-state index in [0.29, 0.717) is 17.7 Å². The summed E-state index contributed by atoms with van der Waals surface area (Å²) in [5, 5.41) is 11.6. The molecule has 6 nitrogen and oxygen atoms in total. The first kappa shape index (κ1) is 20.2. The van der Waals surface area contributed by atoms with E-state index in [9.17, 15) is 14.0 Å². The van der Waals surface area contributed by atoms with Gasteiger partial charge in [-0.1, -0.05) is 12.1 Å². The molecule has 0 spiro atoms. The van der Waals surface area contributed by atoms with Crippen LogP contribution in [0, 0.1) is 5.82 Å². The van der Waals surface area contributed by atoms with Crippen molar-refractivity contribution in [2.45, 2.75) is 26.3 Å². The van der Waals surface area contributed by atoms with Gasteiger partial charge in [0, 0.05) is 5.56 Å². The molecule has 1 amide bonds. The maximum absolute atomic E-state index is 13.5. The van der Waals surface area contributed by atoms with E-state index in [1.165, 1.54) is 30.3 Å². The van der Waals surface area contributed by atoms with Gasteiger partial charge in [0.2, 0.25) is 0 Å². The molecule has 0 saturated heterocycles. The van der Waals surface area contributed by atoms with Gasteiger partial charge in [-0.25, -0.2) is 9.18 Å². The summed E-state index contributed by atoms with van der Waals surface area (Å²) in [7, 11) is 0. The third kappa shape index (κ3) is 5.44. The number of carboxylic acids is 1. The van der Waals surface area contributed by atoms with Crippen molar-refractivity contribution in [3.63, 3.8) is 0 Å². The quantitative estimate of drug-likeness (QED) is 0.739. The first-order chi connectivity index (χ1) is 12.7. The van der Waals surface area contributed by atoms with Crippen LogP contribution in [0.3, 0.4) is 0 Å². The summed E-state index contributed by atoms with van der Waals surface area (Å²) in [6.45, 7) is 5.11. The normalized spacial score (nSPS) is 11.0. The molecule has 2 aromatic carbocycles. The van der Waals surface area contributed by atoms with Gasteiger partial charge in [-0.05, 0) is 56.7 Å². The molecule has 0 atom stereocenters. The van der Waals surface area contributed by atoms with Crippen LogP contribution >= 0.6 is 0 Å². The van der Waals surface area contributed by atoms with Gasteiger partial charge in [0.25, 0.3) is 5.91 Å². The standard InChI is InChI=1S/C20H22FNO5/c1-4-26-17-10-13(8-9-16(17)27-12-18(23)24)19(25)22-20(2,3)14-6-5-7-15(21)11-14/h5-11H,4,12H2,1-3H3,(H,22,25)(H,23,24). The van der Waals surface area contributed by atoms with E-state index in [-0.39, 0.29) is 23.2 Å². The summed E-state index contributed by atoms with van der Waals surface area (Å²) in [6, 6.07) is 10.5. The van der Waals surface area contributed by atoms with E-state index in [1.54, 1.807) is 32.9 Å². The smallest absolute Gasteiger partial charge is 0.341 e. The molecular formula is C20H22FNO5. The van der Waals surface area contributed by atoms with Crippen molar-refractivity contribution in [3.8, 4) is 11.5 Å². The number of nitrogens with one attached hydrogen (secondary N) is 1. The largest absolute Gasteiger partial charge is 0.490 e. The Labute approximate surface area is 156 Å².